The van der Waals surface area contributed by atoms with Gasteiger partial charge in [0.1, 0.15) is 5.75 Å². The lowest BCUT2D eigenvalue weighted by molar-refractivity contribution is -0.160. The molecule has 3 heterocycles. The van der Waals surface area contributed by atoms with Gasteiger partial charge < -0.3 is 24.6 Å². The fourth-order valence-corrected chi connectivity index (χ4v) is 4.54. The van der Waals surface area contributed by atoms with Crippen molar-refractivity contribution in [3.05, 3.63) is 56.9 Å². The van der Waals surface area contributed by atoms with Crippen LogP contribution in [0.5, 0.6) is 5.75 Å². The van der Waals surface area contributed by atoms with Crippen LogP contribution in [0.15, 0.2) is 29.1 Å². The number of ether oxygens (including phenoxy) is 1. The second kappa shape index (κ2) is 8.09. The predicted molar refractivity (Wildman–Crippen MR) is 119 cm³/mol. The van der Waals surface area contributed by atoms with Gasteiger partial charge in [-0.25, -0.2) is 9.78 Å². The number of benzene rings is 1. The quantitative estimate of drug-likeness (QED) is 0.299. The molecule has 9 heteroatoms. The van der Waals surface area contributed by atoms with Crippen molar-refractivity contribution in [3.63, 3.8) is 0 Å². The minimum atomic E-state index is -2.32. The zero-order valence-electron chi connectivity index (χ0n) is 18.5. The molecule has 1 aromatic carbocycles. The van der Waals surface area contributed by atoms with Crippen LogP contribution < -0.4 is 10.3 Å². The number of hydrogen-bond acceptors (Lipinski definition) is 7. The second-order valence-electron chi connectivity index (χ2n) is 8.03. The molecule has 1 aliphatic rings. The number of fused-ring (bicyclic) bond motifs is 4. The zero-order chi connectivity index (χ0) is 24.1. The molecular weight excluding hydrogens is 428 g/mol. The van der Waals surface area contributed by atoms with Gasteiger partial charge in [-0.3, -0.25) is 9.59 Å². The molecule has 0 spiro atoms. The summed E-state index contributed by atoms with van der Waals surface area (Å²) in [5.41, 5.74) is 0.0668. The Bertz CT molecular complexity index is 1380. The number of aryl methyl sites for hydroxylation is 1. The van der Waals surface area contributed by atoms with E-state index in [2.05, 4.69) is 0 Å². The van der Waals surface area contributed by atoms with Gasteiger partial charge in [0, 0.05) is 29.0 Å². The molecule has 0 amide bonds. The highest BCUT2D eigenvalue weighted by Crippen LogP contribution is 2.39. The van der Waals surface area contributed by atoms with E-state index >= 15 is 0 Å². The van der Waals surface area contributed by atoms with Crippen LogP contribution in [0.2, 0.25) is 0 Å². The van der Waals surface area contributed by atoms with E-state index in [-0.39, 0.29) is 24.1 Å². The SMILES string of the molecule is CCc1c2c(nc3ccc(OC(C)=O)cc13)-c1cc([C@@](O)(CC)C(=O)O)c(CO)c(=O)n1C2. The molecule has 9 nitrogen and oxygen atoms in total. The molecule has 172 valence electrons. The van der Waals surface area contributed by atoms with E-state index in [0.717, 1.165) is 16.5 Å². The average Bonchev–Trinajstić information content (AvgIpc) is 3.14. The van der Waals surface area contributed by atoms with Gasteiger partial charge >= 0.3 is 11.9 Å². The van der Waals surface area contributed by atoms with Crippen LogP contribution in [0, 0.1) is 0 Å². The van der Waals surface area contributed by atoms with E-state index in [9.17, 15) is 29.7 Å². The first-order chi connectivity index (χ1) is 15.7. The molecule has 3 N–H and O–H groups in total. The molecule has 1 atom stereocenters. The summed E-state index contributed by atoms with van der Waals surface area (Å²) in [6, 6.07) is 6.53. The molecule has 3 aromatic rings. The lowest BCUT2D eigenvalue weighted by Crippen LogP contribution is -2.39. The maximum atomic E-state index is 13.2. The number of hydrogen-bond donors (Lipinski definition) is 3. The minimum Gasteiger partial charge on any atom is -0.479 e. The number of aliphatic carboxylic acids is 1. The lowest BCUT2D eigenvalue weighted by atomic mass is 9.87. The van der Waals surface area contributed by atoms with Crippen LogP contribution in [0.1, 0.15) is 49.4 Å². The fourth-order valence-electron chi connectivity index (χ4n) is 4.54. The van der Waals surface area contributed by atoms with Crippen molar-refractivity contribution >= 4 is 22.8 Å². The first-order valence-corrected chi connectivity index (χ1v) is 10.6. The Hall–Kier alpha value is -3.56. The lowest BCUT2D eigenvalue weighted by Gasteiger charge is -2.25. The van der Waals surface area contributed by atoms with Gasteiger partial charge in [0.05, 0.1) is 30.1 Å². The Morgan fingerprint density at radius 3 is 2.52 bits per heavy atom. The van der Waals surface area contributed by atoms with Crippen molar-refractivity contribution in [2.24, 2.45) is 0 Å². The summed E-state index contributed by atoms with van der Waals surface area (Å²) in [6.07, 6.45) is 0.427. The number of esters is 1. The number of aromatic nitrogens is 2. The number of aliphatic hydroxyl groups excluding tert-OH is 1. The number of aliphatic hydroxyl groups is 2. The first-order valence-electron chi connectivity index (χ1n) is 10.6. The largest absolute Gasteiger partial charge is 0.479 e. The standard InChI is InChI=1S/C24H24N2O7/c1-4-14-15-8-13(33-12(3)28)6-7-19(15)25-21-16(14)10-26-20(21)9-18(17(11-27)22(26)29)24(32,5-2)23(30)31/h6-9,27,32H,4-5,10-11H2,1-3H3,(H,30,31)/t24-/m0/s1. The summed E-state index contributed by atoms with van der Waals surface area (Å²) < 4.78 is 6.65. The third-order valence-electron chi connectivity index (χ3n) is 6.22. The zero-order valence-corrected chi connectivity index (χ0v) is 18.5. The third-order valence-corrected chi connectivity index (χ3v) is 6.22. The summed E-state index contributed by atoms with van der Waals surface area (Å²) in [5, 5.41) is 31.2. The number of carbonyl (C=O) groups is 2. The highest BCUT2D eigenvalue weighted by Gasteiger charge is 2.41. The van der Waals surface area contributed by atoms with E-state index in [1.165, 1.54) is 24.5 Å². The van der Waals surface area contributed by atoms with Crippen LogP contribution >= 0.6 is 0 Å². The van der Waals surface area contributed by atoms with Crippen LogP contribution in [-0.4, -0.2) is 36.8 Å². The van der Waals surface area contributed by atoms with Crippen molar-refractivity contribution in [1.82, 2.24) is 9.55 Å². The van der Waals surface area contributed by atoms with Crippen molar-refractivity contribution < 1.29 is 29.6 Å². The number of pyridine rings is 2. The van der Waals surface area contributed by atoms with Crippen molar-refractivity contribution in [2.75, 3.05) is 0 Å². The Morgan fingerprint density at radius 2 is 1.94 bits per heavy atom. The summed E-state index contributed by atoms with van der Waals surface area (Å²) in [5.74, 6) is -1.55. The molecule has 0 unspecified atom stereocenters. The second-order valence-corrected chi connectivity index (χ2v) is 8.03. The van der Waals surface area contributed by atoms with Gasteiger partial charge in [-0.05, 0) is 42.7 Å². The van der Waals surface area contributed by atoms with E-state index < -0.39 is 29.7 Å². The van der Waals surface area contributed by atoms with E-state index in [1.807, 2.05) is 6.92 Å². The molecule has 33 heavy (non-hydrogen) atoms. The number of nitrogens with zero attached hydrogens (tertiary/aromatic N) is 2. The summed E-state index contributed by atoms with van der Waals surface area (Å²) in [6.45, 7) is 4.26. The maximum absolute atomic E-state index is 13.2. The third kappa shape index (κ3) is 3.40. The van der Waals surface area contributed by atoms with Crippen LogP contribution in [-0.2, 0) is 34.8 Å². The van der Waals surface area contributed by atoms with E-state index in [1.54, 1.807) is 18.2 Å². The number of carboxylic acid groups (broad SMARTS) is 1. The molecule has 0 radical (unpaired) electrons. The van der Waals surface area contributed by atoms with Gasteiger partial charge in [-0.1, -0.05) is 13.8 Å². The topological polar surface area (TPSA) is 139 Å². The van der Waals surface area contributed by atoms with Crippen molar-refractivity contribution in [1.29, 1.82) is 0 Å². The number of carboxylic acids is 1. The number of rotatable bonds is 6. The monoisotopic (exact) mass is 452 g/mol. The summed E-state index contributed by atoms with van der Waals surface area (Å²) >= 11 is 0. The average molecular weight is 452 g/mol. The first kappa shape index (κ1) is 22.6. The van der Waals surface area contributed by atoms with Crippen molar-refractivity contribution in [2.45, 2.75) is 52.4 Å². The molecule has 0 aliphatic carbocycles. The highest BCUT2D eigenvalue weighted by atomic mass is 16.5. The summed E-state index contributed by atoms with van der Waals surface area (Å²) in [4.78, 5) is 41.2. The molecular formula is C24H24N2O7. The maximum Gasteiger partial charge on any atom is 0.340 e. The Kier molecular flexibility index (Phi) is 5.55. The van der Waals surface area contributed by atoms with Crippen LogP contribution in [0.25, 0.3) is 22.3 Å². The van der Waals surface area contributed by atoms with Crippen LogP contribution in [0.4, 0.5) is 0 Å². The van der Waals surface area contributed by atoms with Gasteiger partial charge in [-0.15, -0.1) is 0 Å². The van der Waals surface area contributed by atoms with E-state index in [4.69, 9.17) is 9.72 Å². The van der Waals surface area contributed by atoms with Crippen LogP contribution in [0.3, 0.4) is 0 Å². The smallest absolute Gasteiger partial charge is 0.340 e. The normalized spacial score (nSPS) is 14.0. The fraction of sp³-hybridized carbons (Fsp3) is 0.333. The van der Waals surface area contributed by atoms with Gasteiger partial charge in [0.2, 0.25) is 0 Å². The predicted octanol–water partition coefficient (Wildman–Crippen LogP) is 2.09. The molecule has 0 fully saturated rings. The molecule has 1 aliphatic heterocycles. The van der Waals surface area contributed by atoms with E-state index in [0.29, 0.717) is 29.1 Å². The van der Waals surface area contributed by atoms with Crippen molar-refractivity contribution in [3.8, 4) is 17.1 Å². The Labute approximate surface area is 188 Å². The molecule has 0 saturated heterocycles. The Morgan fingerprint density at radius 1 is 1.21 bits per heavy atom. The van der Waals surface area contributed by atoms with Gasteiger partial charge in [0.25, 0.3) is 5.56 Å². The molecule has 2 aromatic heterocycles. The van der Waals surface area contributed by atoms with Gasteiger partial charge in [-0.2, -0.15) is 0 Å². The Balaban J connectivity index is 2.01. The minimum absolute atomic E-state index is 0.130. The highest BCUT2D eigenvalue weighted by molar-refractivity contribution is 5.90. The molecule has 4 rings (SSSR count). The van der Waals surface area contributed by atoms with Gasteiger partial charge in [0.15, 0.2) is 5.60 Å². The molecule has 0 saturated carbocycles. The number of carbonyl (C=O) groups excluding carboxylic acids is 1. The summed E-state index contributed by atoms with van der Waals surface area (Å²) in [7, 11) is 0. The molecule has 0 bridgehead atoms.